The summed E-state index contributed by atoms with van der Waals surface area (Å²) in [6, 6.07) is 21.9. The molecule has 0 radical (unpaired) electrons. The molecule has 4 aromatic carbocycles. The quantitative estimate of drug-likeness (QED) is 0.0419. The van der Waals surface area contributed by atoms with E-state index in [1.807, 2.05) is 32.0 Å². The van der Waals surface area contributed by atoms with E-state index < -0.39 is 72.7 Å². The Morgan fingerprint density at radius 3 is 1.50 bits per heavy atom. The van der Waals surface area contributed by atoms with Crippen molar-refractivity contribution >= 4 is 79.9 Å². The first-order chi connectivity index (χ1) is 35.6. The van der Waals surface area contributed by atoms with Gasteiger partial charge in [-0.15, -0.1) is 11.3 Å². The van der Waals surface area contributed by atoms with Crippen molar-refractivity contribution in [2.75, 3.05) is 13.2 Å². The Morgan fingerprint density at radius 1 is 0.581 bits per heavy atom. The summed E-state index contributed by atoms with van der Waals surface area (Å²) >= 11 is 1.11. The van der Waals surface area contributed by atoms with Gasteiger partial charge in [-0.05, 0) is 148 Å². The summed E-state index contributed by atoms with van der Waals surface area (Å²) in [4.78, 5) is 107. The maximum Gasteiger partial charge on any atom is 0.349 e. The van der Waals surface area contributed by atoms with Gasteiger partial charge in [-0.25, -0.2) is 14.6 Å². The van der Waals surface area contributed by atoms with Crippen molar-refractivity contribution in [3.8, 4) is 33.8 Å². The molecule has 0 N–H and O–H groups in total. The summed E-state index contributed by atoms with van der Waals surface area (Å²) < 4.78 is 39.8. The second kappa shape index (κ2) is 23.7. The molecule has 2 aliphatic rings. The number of ether oxygens (including phenoxy) is 6. The molecule has 2 heterocycles. The topological polar surface area (TPSA) is 218 Å². The lowest BCUT2D eigenvalue weighted by Crippen LogP contribution is -2.30. The predicted octanol–water partition coefficient (Wildman–Crippen LogP) is 9.64. The van der Waals surface area contributed by atoms with Gasteiger partial charge in [0, 0.05) is 18.2 Å². The van der Waals surface area contributed by atoms with E-state index in [-0.39, 0.29) is 41.4 Å². The fourth-order valence-electron chi connectivity index (χ4n) is 9.05. The van der Waals surface area contributed by atoms with Crippen molar-refractivity contribution in [2.24, 2.45) is 23.7 Å². The first kappa shape index (κ1) is 52.3. The molecule has 74 heavy (non-hydrogen) atoms. The summed E-state index contributed by atoms with van der Waals surface area (Å²) in [6.07, 6.45) is 5.81. The van der Waals surface area contributed by atoms with Crippen LogP contribution in [0.4, 0.5) is 0 Å². The summed E-state index contributed by atoms with van der Waals surface area (Å²) in [5.41, 5.74) is 4.31. The number of hydrogen-bond donors (Lipinski definition) is 0. The average Bonchev–Trinajstić information content (AvgIpc) is 4.05. The molecule has 6 aromatic rings. The normalized spacial score (nSPS) is 17.4. The first-order valence-corrected chi connectivity index (χ1v) is 25.1. The fourth-order valence-corrected chi connectivity index (χ4v) is 10.0. The first-order valence-electron chi connectivity index (χ1n) is 24.2. The molecule has 0 unspecified atom stereocenters. The molecule has 0 amide bonds. The van der Waals surface area contributed by atoms with Crippen LogP contribution in [0.15, 0.2) is 109 Å². The van der Waals surface area contributed by atoms with Gasteiger partial charge >= 0.3 is 35.8 Å². The van der Waals surface area contributed by atoms with E-state index in [2.05, 4.69) is 13.2 Å². The van der Waals surface area contributed by atoms with Gasteiger partial charge in [0.05, 0.1) is 23.7 Å². The van der Waals surface area contributed by atoms with Gasteiger partial charge in [-0.2, -0.15) is 0 Å². The van der Waals surface area contributed by atoms with E-state index in [1.54, 1.807) is 48.5 Å². The number of rotatable bonds is 19. The Kier molecular flexibility index (Phi) is 16.7. The van der Waals surface area contributed by atoms with Crippen LogP contribution in [0, 0.1) is 37.5 Å². The zero-order chi connectivity index (χ0) is 52.5. The highest BCUT2D eigenvalue weighted by molar-refractivity contribution is 7.22. The van der Waals surface area contributed by atoms with Crippen molar-refractivity contribution in [2.45, 2.75) is 78.1 Å². The number of thiazole rings is 1. The molecular weight excluding hydrogens is 971 g/mol. The van der Waals surface area contributed by atoms with Crippen LogP contribution < -0.4 is 18.9 Å². The third kappa shape index (κ3) is 13.1. The molecule has 382 valence electrons. The van der Waals surface area contributed by atoms with Crippen LogP contribution in [0.1, 0.15) is 73.6 Å². The molecular formula is C57H53NO15S. The minimum Gasteiger partial charge on any atom is -0.454 e. The molecule has 0 bridgehead atoms. The number of benzene rings is 4. The molecule has 8 rings (SSSR count). The Balaban J connectivity index is 0.850. The molecule has 17 heteroatoms. The second-order valence-electron chi connectivity index (χ2n) is 18.4. The molecule has 0 atom stereocenters. The van der Waals surface area contributed by atoms with Gasteiger partial charge in [0.2, 0.25) is 0 Å². The van der Waals surface area contributed by atoms with Crippen LogP contribution in [0.2, 0.25) is 0 Å². The second-order valence-corrected chi connectivity index (χ2v) is 19.4. The van der Waals surface area contributed by atoms with Gasteiger partial charge in [-0.1, -0.05) is 43.5 Å². The SMILES string of the molecule is C=CC(=O)Cc1ccc(OC(=O)C2CCC(C(=O)OCC(=O)Oc3ccc(OC(=O)COC(=O)C4CCC(C(=O)Oc5ccc(CC(=O)C=C)cc5)CC4)c4sc(-c5cc6c(C)cc(C)cc6o5)nc34)CC2)cc1. The van der Waals surface area contributed by atoms with Crippen molar-refractivity contribution in [3.63, 3.8) is 0 Å². The van der Waals surface area contributed by atoms with Crippen LogP contribution in [0.25, 0.3) is 32.0 Å². The standard InChI is InChI=1S/C57H53NO15S/c1-5-40(59)27-34-7-19-42(20-8-34)69-56(65)38-15-11-36(12-16-38)54(63)67-30-49(61)72-45-23-24-46(52-51(45)58-53(74-52)48-29-44-33(4)25-32(3)26-47(44)71-48)73-50(62)31-68-55(64)37-13-17-39(18-14-37)57(66)70-43-21-9-35(10-22-43)28-41(60)6-2/h5-10,19-26,29,36-39H,1-2,11-18,27-28,30-31H2,3-4H3. The third-order valence-electron chi connectivity index (χ3n) is 13.1. The summed E-state index contributed by atoms with van der Waals surface area (Å²) in [6.45, 7) is 9.46. The fraction of sp³-hybridized carbons (Fsp3) is 0.316. The molecule has 0 saturated heterocycles. The summed E-state index contributed by atoms with van der Waals surface area (Å²) in [5, 5.41) is 1.26. The lowest BCUT2D eigenvalue weighted by molar-refractivity contribution is -0.158. The lowest BCUT2D eigenvalue weighted by atomic mass is 9.82. The molecule has 2 aliphatic carbocycles. The van der Waals surface area contributed by atoms with Gasteiger partial charge in [-0.3, -0.25) is 28.8 Å². The molecule has 0 aliphatic heterocycles. The number of nitrogens with zero attached hydrogens (tertiary/aromatic N) is 1. The number of carbonyl (C=O) groups excluding carboxylic acids is 8. The highest BCUT2D eigenvalue weighted by Crippen LogP contribution is 2.43. The maximum absolute atomic E-state index is 13.2. The predicted molar refractivity (Wildman–Crippen MR) is 270 cm³/mol. The third-order valence-corrected chi connectivity index (χ3v) is 14.1. The van der Waals surface area contributed by atoms with Crippen molar-refractivity contribution < 1.29 is 71.2 Å². The number of furan rings is 1. The number of fused-ring (bicyclic) bond motifs is 2. The number of esters is 6. The zero-order valence-electron chi connectivity index (χ0n) is 40.8. The van der Waals surface area contributed by atoms with E-state index in [9.17, 15) is 38.4 Å². The Hall–Kier alpha value is -8.05. The lowest BCUT2D eigenvalue weighted by Gasteiger charge is -2.25. The van der Waals surface area contributed by atoms with Gasteiger partial charge in [0.25, 0.3) is 0 Å². The van der Waals surface area contributed by atoms with Crippen LogP contribution in [0.3, 0.4) is 0 Å². The van der Waals surface area contributed by atoms with Crippen molar-refractivity contribution in [1.82, 2.24) is 4.98 Å². The minimum absolute atomic E-state index is 0.00819. The van der Waals surface area contributed by atoms with Gasteiger partial charge in [0.15, 0.2) is 47.0 Å². The Bertz CT molecular complexity index is 2980. The van der Waals surface area contributed by atoms with Crippen LogP contribution >= 0.6 is 11.3 Å². The van der Waals surface area contributed by atoms with Crippen molar-refractivity contribution in [1.29, 1.82) is 0 Å². The zero-order valence-corrected chi connectivity index (χ0v) is 41.7. The number of aryl methyl sites for hydroxylation is 2. The number of carbonyl (C=O) groups is 8. The summed E-state index contributed by atoms with van der Waals surface area (Å²) in [5.74, 6) is -4.87. The maximum atomic E-state index is 13.2. The molecule has 0 spiro atoms. The van der Waals surface area contributed by atoms with E-state index in [0.29, 0.717) is 83.9 Å². The van der Waals surface area contributed by atoms with Crippen LogP contribution in [-0.4, -0.2) is 65.6 Å². The number of allylic oxidation sites excluding steroid dienone is 2. The Labute approximate surface area is 429 Å². The molecule has 2 fully saturated rings. The highest BCUT2D eigenvalue weighted by atomic mass is 32.1. The minimum atomic E-state index is -0.895. The largest absolute Gasteiger partial charge is 0.454 e. The Morgan fingerprint density at radius 2 is 1.03 bits per heavy atom. The van der Waals surface area contributed by atoms with Crippen molar-refractivity contribution in [3.05, 3.63) is 126 Å². The van der Waals surface area contributed by atoms with Crippen LogP contribution in [-0.2, 0) is 60.7 Å². The highest BCUT2D eigenvalue weighted by Gasteiger charge is 2.34. The van der Waals surface area contributed by atoms with E-state index >= 15 is 0 Å². The van der Waals surface area contributed by atoms with E-state index in [1.165, 1.54) is 24.3 Å². The number of ketones is 2. The molecule has 16 nitrogen and oxygen atoms in total. The van der Waals surface area contributed by atoms with Gasteiger partial charge in [0.1, 0.15) is 27.3 Å². The van der Waals surface area contributed by atoms with Crippen LogP contribution in [0.5, 0.6) is 23.0 Å². The number of hydrogen-bond acceptors (Lipinski definition) is 17. The monoisotopic (exact) mass is 1020 g/mol. The molecule has 2 saturated carbocycles. The molecule has 2 aromatic heterocycles. The summed E-state index contributed by atoms with van der Waals surface area (Å²) in [7, 11) is 0. The number of aromatic nitrogens is 1. The smallest absolute Gasteiger partial charge is 0.349 e. The average molecular weight is 1020 g/mol. The van der Waals surface area contributed by atoms with E-state index in [0.717, 1.165) is 39.0 Å². The van der Waals surface area contributed by atoms with E-state index in [4.69, 9.17) is 37.8 Å². The van der Waals surface area contributed by atoms with Gasteiger partial charge < -0.3 is 32.8 Å².